The Morgan fingerprint density at radius 2 is 1.58 bits per heavy atom. The van der Waals surface area contributed by atoms with Gasteiger partial charge in [-0.05, 0) is 40.5 Å². The second-order valence-electron chi connectivity index (χ2n) is 7.32. The van der Waals surface area contributed by atoms with Crippen LogP contribution < -0.4 is 5.32 Å². The maximum atomic E-state index is 12.6. The van der Waals surface area contributed by atoms with Crippen LogP contribution in [0.5, 0.6) is 0 Å². The highest BCUT2D eigenvalue weighted by Gasteiger charge is 2.29. The van der Waals surface area contributed by atoms with E-state index in [1.165, 1.54) is 12.1 Å². The minimum absolute atomic E-state index is 0.0394. The highest BCUT2D eigenvalue weighted by atomic mass is 16.5. The van der Waals surface area contributed by atoms with Gasteiger partial charge in [0.2, 0.25) is 0 Å². The van der Waals surface area contributed by atoms with Gasteiger partial charge in [0, 0.05) is 17.5 Å². The average molecular weight is 410 g/mol. The first-order valence-corrected chi connectivity index (χ1v) is 9.86. The Bertz CT molecular complexity index is 1290. The molecule has 0 spiro atoms. The number of aromatic carboxylic acids is 1. The lowest BCUT2D eigenvalue weighted by molar-refractivity contribution is 0.0699. The van der Waals surface area contributed by atoms with Crippen molar-refractivity contribution in [1.29, 1.82) is 0 Å². The predicted octanol–water partition coefficient (Wildman–Crippen LogP) is 5.29. The van der Waals surface area contributed by atoms with Crippen molar-refractivity contribution in [2.24, 2.45) is 0 Å². The molecule has 0 atom stereocenters. The number of rotatable bonds is 4. The van der Waals surface area contributed by atoms with Crippen molar-refractivity contribution >= 4 is 28.7 Å². The maximum absolute atomic E-state index is 12.6. The summed E-state index contributed by atoms with van der Waals surface area (Å²) in [5, 5.41) is 12.5. The molecule has 2 N–H and O–H groups in total. The zero-order valence-corrected chi connectivity index (χ0v) is 16.4. The van der Waals surface area contributed by atoms with Crippen LogP contribution in [0.15, 0.2) is 79.0 Å². The van der Waals surface area contributed by atoms with E-state index < -0.39 is 12.1 Å². The molecule has 3 aromatic carbocycles. The largest absolute Gasteiger partial charge is 0.478 e. The molecule has 0 radical (unpaired) electrons. The number of carboxylic acid groups (broad SMARTS) is 1. The third-order valence-corrected chi connectivity index (χ3v) is 5.58. The number of hydrogen-bond donors (Lipinski definition) is 2. The fourth-order valence-electron chi connectivity index (χ4n) is 4.20. The van der Waals surface area contributed by atoms with Crippen LogP contribution in [0.3, 0.4) is 0 Å². The lowest BCUT2D eigenvalue weighted by atomic mass is 9.98. The fraction of sp³-hybridized carbons (Fsp3) is 0.0800. The number of aromatic nitrogens is 1. The summed E-state index contributed by atoms with van der Waals surface area (Å²) in [6.45, 7) is 0.193. The molecule has 0 saturated heterocycles. The van der Waals surface area contributed by atoms with Gasteiger partial charge in [0.15, 0.2) is 0 Å². The smallest absolute Gasteiger partial charge is 0.411 e. The second kappa shape index (κ2) is 7.57. The van der Waals surface area contributed by atoms with E-state index in [1.54, 1.807) is 18.3 Å². The predicted molar refractivity (Wildman–Crippen MR) is 117 cm³/mol. The molecule has 31 heavy (non-hydrogen) atoms. The van der Waals surface area contributed by atoms with Gasteiger partial charge in [-0.1, -0.05) is 54.6 Å². The molecular weight excluding hydrogens is 392 g/mol. The van der Waals surface area contributed by atoms with Gasteiger partial charge >= 0.3 is 12.1 Å². The number of carboxylic acids is 1. The van der Waals surface area contributed by atoms with E-state index >= 15 is 0 Å². The summed E-state index contributed by atoms with van der Waals surface area (Å²) in [6, 6.07) is 22.6. The molecule has 1 heterocycles. The molecule has 6 nitrogen and oxygen atoms in total. The van der Waals surface area contributed by atoms with Crippen LogP contribution in [0.4, 0.5) is 10.5 Å². The molecule has 152 valence electrons. The Morgan fingerprint density at radius 1 is 0.903 bits per heavy atom. The van der Waals surface area contributed by atoms with Gasteiger partial charge in [0.05, 0.1) is 16.8 Å². The number of amides is 1. The van der Waals surface area contributed by atoms with Crippen molar-refractivity contribution < 1.29 is 19.4 Å². The number of anilines is 1. The first kappa shape index (κ1) is 18.8. The monoisotopic (exact) mass is 410 g/mol. The molecule has 5 rings (SSSR count). The van der Waals surface area contributed by atoms with Gasteiger partial charge in [-0.3, -0.25) is 10.3 Å². The molecule has 0 fully saturated rings. The van der Waals surface area contributed by atoms with Crippen LogP contribution in [0.2, 0.25) is 0 Å². The zero-order valence-electron chi connectivity index (χ0n) is 16.4. The molecule has 0 bridgehead atoms. The molecule has 0 unspecified atom stereocenters. The van der Waals surface area contributed by atoms with E-state index in [9.17, 15) is 14.7 Å². The summed E-state index contributed by atoms with van der Waals surface area (Å²) in [4.78, 5) is 28.3. The fourth-order valence-corrected chi connectivity index (χ4v) is 4.20. The molecular formula is C25H18N2O4. The summed E-state index contributed by atoms with van der Waals surface area (Å²) in [5.74, 6) is -1.09. The zero-order chi connectivity index (χ0) is 21.4. The minimum Gasteiger partial charge on any atom is -0.478 e. The number of nitrogens with zero attached hydrogens (tertiary/aromatic N) is 1. The number of nitrogens with one attached hydrogen (secondary N) is 1. The van der Waals surface area contributed by atoms with Crippen LogP contribution in [-0.2, 0) is 4.74 Å². The van der Waals surface area contributed by atoms with Crippen molar-refractivity contribution in [3.05, 3.63) is 95.7 Å². The number of pyridine rings is 1. The van der Waals surface area contributed by atoms with Crippen LogP contribution in [-0.4, -0.2) is 28.8 Å². The Hall–Kier alpha value is -4.19. The Kier molecular flexibility index (Phi) is 4.59. The van der Waals surface area contributed by atoms with Gasteiger partial charge in [-0.15, -0.1) is 0 Å². The molecule has 6 heteroatoms. The van der Waals surface area contributed by atoms with E-state index in [0.29, 0.717) is 16.6 Å². The van der Waals surface area contributed by atoms with Crippen LogP contribution in [0, 0.1) is 0 Å². The normalized spacial score (nSPS) is 12.3. The number of hydrogen-bond acceptors (Lipinski definition) is 4. The maximum Gasteiger partial charge on any atom is 0.411 e. The van der Waals surface area contributed by atoms with Gasteiger partial charge in [-0.25, -0.2) is 9.59 Å². The summed E-state index contributed by atoms with van der Waals surface area (Å²) in [6.07, 6.45) is 0.938. The summed E-state index contributed by atoms with van der Waals surface area (Å²) in [5.41, 5.74) is 5.51. The van der Waals surface area contributed by atoms with Gasteiger partial charge in [-0.2, -0.15) is 0 Å². The summed E-state index contributed by atoms with van der Waals surface area (Å²) >= 11 is 0. The Balaban J connectivity index is 1.37. The quantitative estimate of drug-likeness (QED) is 0.477. The summed E-state index contributed by atoms with van der Waals surface area (Å²) in [7, 11) is 0. The standard InChI is InChI=1S/C25H18N2O4/c28-24(29)20-11-12-22(23-19(20)10-5-13-26-23)27-25(30)31-14-21-17-8-3-1-6-15(17)16-7-2-4-9-18(16)21/h1-13,21H,14H2,(H,27,30)(H,28,29). The third-order valence-electron chi connectivity index (χ3n) is 5.58. The molecule has 0 saturated carbocycles. The van der Waals surface area contributed by atoms with E-state index in [4.69, 9.17) is 4.74 Å². The van der Waals surface area contributed by atoms with E-state index in [1.807, 2.05) is 24.3 Å². The van der Waals surface area contributed by atoms with Gasteiger partial charge < -0.3 is 9.84 Å². The first-order chi connectivity index (χ1) is 15.1. The average Bonchev–Trinajstić information content (AvgIpc) is 3.11. The lowest BCUT2D eigenvalue weighted by Gasteiger charge is -2.15. The second-order valence-corrected chi connectivity index (χ2v) is 7.32. The van der Waals surface area contributed by atoms with Crippen molar-refractivity contribution in [3.8, 4) is 11.1 Å². The van der Waals surface area contributed by atoms with E-state index in [-0.39, 0.29) is 18.1 Å². The van der Waals surface area contributed by atoms with Gasteiger partial charge in [0.1, 0.15) is 6.61 Å². The third kappa shape index (κ3) is 3.28. The number of ether oxygens (including phenoxy) is 1. The summed E-state index contributed by atoms with van der Waals surface area (Å²) < 4.78 is 5.58. The number of fused-ring (bicyclic) bond motifs is 4. The molecule has 1 aromatic heterocycles. The van der Waals surface area contributed by atoms with E-state index in [2.05, 4.69) is 34.6 Å². The van der Waals surface area contributed by atoms with Crippen molar-refractivity contribution in [1.82, 2.24) is 4.98 Å². The number of carbonyl (C=O) groups excluding carboxylic acids is 1. The van der Waals surface area contributed by atoms with Crippen LogP contribution in [0.25, 0.3) is 22.0 Å². The Morgan fingerprint density at radius 3 is 2.26 bits per heavy atom. The highest BCUT2D eigenvalue weighted by Crippen LogP contribution is 2.44. The first-order valence-electron chi connectivity index (χ1n) is 9.86. The molecule has 1 amide bonds. The minimum atomic E-state index is -1.05. The molecule has 4 aromatic rings. The molecule has 1 aliphatic rings. The Labute approximate surface area is 178 Å². The van der Waals surface area contributed by atoms with Gasteiger partial charge in [0.25, 0.3) is 0 Å². The van der Waals surface area contributed by atoms with Crippen molar-refractivity contribution in [2.75, 3.05) is 11.9 Å². The SMILES string of the molecule is O=C(Nc1ccc(C(=O)O)c2cccnc12)OCC1c2ccccc2-c2ccccc21. The molecule has 1 aliphatic carbocycles. The van der Waals surface area contributed by atoms with Crippen LogP contribution >= 0.6 is 0 Å². The highest BCUT2D eigenvalue weighted by molar-refractivity contribution is 6.08. The number of benzene rings is 3. The topological polar surface area (TPSA) is 88.5 Å². The lowest BCUT2D eigenvalue weighted by Crippen LogP contribution is -2.18. The van der Waals surface area contributed by atoms with E-state index in [0.717, 1.165) is 22.3 Å². The molecule has 0 aliphatic heterocycles. The number of carbonyl (C=O) groups is 2. The van der Waals surface area contributed by atoms with Crippen molar-refractivity contribution in [3.63, 3.8) is 0 Å². The van der Waals surface area contributed by atoms with Crippen LogP contribution in [0.1, 0.15) is 27.4 Å². The van der Waals surface area contributed by atoms with Crippen molar-refractivity contribution in [2.45, 2.75) is 5.92 Å².